The predicted octanol–water partition coefficient (Wildman–Crippen LogP) is 7.23. The largest absolute Gasteiger partial charge is 0.346 e. The van der Waals surface area contributed by atoms with Gasteiger partial charge in [-0.3, -0.25) is 0 Å². The van der Waals surface area contributed by atoms with Crippen LogP contribution in [0.4, 0.5) is 5.82 Å². The van der Waals surface area contributed by atoms with E-state index in [4.69, 9.17) is 10.1 Å². The average Bonchev–Trinajstić information content (AvgIpc) is 3.13. The van der Waals surface area contributed by atoms with E-state index < -0.39 is 0 Å². The Bertz CT molecular complexity index is 1340. The maximum absolute atomic E-state index is 5.18. The van der Waals surface area contributed by atoms with E-state index in [2.05, 4.69) is 100 Å². The van der Waals surface area contributed by atoms with Gasteiger partial charge >= 0.3 is 0 Å². The van der Waals surface area contributed by atoms with Gasteiger partial charge in [0, 0.05) is 17.3 Å². The molecular weight excluding hydrogens is 416 g/mol. The smallest absolute Gasteiger partial charge is 0.165 e. The second-order valence-corrected chi connectivity index (χ2v) is 10.1. The molecule has 0 radical (unpaired) electrons. The SMILES string of the molecule is CCC1CCc2c(C)nc3c(-c4c(C)cc(C)cc4C)c(C)nn3c2N1C(C)c1ccccc1. The topological polar surface area (TPSA) is 33.4 Å². The van der Waals surface area contributed by atoms with Gasteiger partial charge in [-0.05, 0) is 83.1 Å². The van der Waals surface area contributed by atoms with Crippen molar-refractivity contribution in [1.82, 2.24) is 14.6 Å². The highest BCUT2D eigenvalue weighted by Crippen LogP contribution is 2.42. The minimum Gasteiger partial charge on any atom is -0.346 e. The molecule has 0 spiro atoms. The van der Waals surface area contributed by atoms with Crippen LogP contribution in [0, 0.1) is 34.6 Å². The van der Waals surface area contributed by atoms with Crippen LogP contribution >= 0.6 is 0 Å². The molecule has 4 aromatic rings. The van der Waals surface area contributed by atoms with E-state index in [-0.39, 0.29) is 6.04 Å². The molecule has 0 fully saturated rings. The zero-order valence-electron chi connectivity index (χ0n) is 21.6. The molecule has 3 heterocycles. The molecule has 4 heteroatoms. The maximum atomic E-state index is 5.18. The lowest BCUT2D eigenvalue weighted by molar-refractivity contribution is 0.460. The lowest BCUT2D eigenvalue weighted by Gasteiger charge is -2.43. The van der Waals surface area contributed by atoms with E-state index in [1.54, 1.807) is 0 Å². The summed E-state index contributed by atoms with van der Waals surface area (Å²) in [6.45, 7) is 15.5. The summed E-state index contributed by atoms with van der Waals surface area (Å²) in [5, 5.41) is 5.16. The van der Waals surface area contributed by atoms with Crippen molar-refractivity contribution in [1.29, 1.82) is 0 Å². The Kier molecular flexibility index (Phi) is 5.71. The van der Waals surface area contributed by atoms with Gasteiger partial charge in [-0.1, -0.05) is 55.0 Å². The molecule has 1 aliphatic heterocycles. The first-order valence-electron chi connectivity index (χ1n) is 12.6. The molecule has 34 heavy (non-hydrogen) atoms. The Morgan fingerprint density at radius 3 is 2.26 bits per heavy atom. The second kappa shape index (κ2) is 8.57. The summed E-state index contributed by atoms with van der Waals surface area (Å²) >= 11 is 0. The van der Waals surface area contributed by atoms with Crippen LogP contribution in [-0.2, 0) is 6.42 Å². The highest BCUT2D eigenvalue weighted by molar-refractivity contribution is 5.85. The molecule has 2 unspecified atom stereocenters. The van der Waals surface area contributed by atoms with Gasteiger partial charge in [-0.25, -0.2) is 4.98 Å². The highest BCUT2D eigenvalue weighted by atomic mass is 15.4. The van der Waals surface area contributed by atoms with Gasteiger partial charge in [0.05, 0.1) is 17.3 Å². The molecule has 5 rings (SSSR count). The van der Waals surface area contributed by atoms with E-state index in [0.29, 0.717) is 6.04 Å². The van der Waals surface area contributed by atoms with Crippen LogP contribution in [0.15, 0.2) is 42.5 Å². The Labute approximate surface area is 203 Å². The van der Waals surface area contributed by atoms with E-state index in [1.165, 1.54) is 44.8 Å². The summed E-state index contributed by atoms with van der Waals surface area (Å²) in [7, 11) is 0. The molecule has 0 aliphatic carbocycles. The molecule has 0 saturated heterocycles. The zero-order chi connectivity index (χ0) is 24.1. The van der Waals surface area contributed by atoms with Gasteiger partial charge in [-0.2, -0.15) is 9.61 Å². The van der Waals surface area contributed by atoms with Gasteiger partial charge in [0.25, 0.3) is 0 Å². The first-order chi connectivity index (χ1) is 16.3. The first kappa shape index (κ1) is 22.6. The van der Waals surface area contributed by atoms with Crippen molar-refractivity contribution in [3.8, 4) is 11.1 Å². The fourth-order valence-electron chi connectivity index (χ4n) is 6.12. The first-order valence-corrected chi connectivity index (χ1v) is 12.6. The molecule has 0 bridgehead atoms. The minimum atomic E-state index is 0.256. The molecule has 4 nitrogen and oxygen atoms in total. The van der Waals surface area contributed by atoms with Crippen molar-refractivity contribution in [2.45, 2.75) is 79.8 Å². The fraction of sp³-hybridized carbons (Fsp3) is 0.400. The number of nitrogens with zero attached hydrogens (tertiary/aromatic N) is 4. The Morgan fingerprint density at radius 1 is 0.941 bits per heavy atom. The monoisotopic (exact) mass is 452 g/mol. The third-order valence-corrected chi connectivity index (χ3v) is 7.68. The van der Waals surface area contributed by atoms with E-state index in [1.807, 2.05) is 0 Å². The number of benzene rings is 2. The van der Waals surface area contributed by atoms with Crippen molar-refractivity contribution in [2.75, 3.05) is 4.90 Å². The molecule has 0 amide bonds. The van der Waals surface area contributed by atoms with Gasteiger partial charge in [-0.15, -0.1) is 0 Å². The molecular formula is C30H36N4. The zero-order valence-corrected chi connectivity index (χ0v) is 21.6. The highest BCUT2D eigenvalue weighted by Gasteiger charge is 2.34. The molecule has 2 aromatic heterocycles. The van der Waals surface area contributed by atoms with Gasteiger partial charge in [0.15, 0.2) is 5.65 Å². The van der Waals surface area contributed by atoms with Crippen molar-refractivity contribution >= 4 is 11.5 Å². The van der Waals surface area contributed by atoms with Crippen molar-refractivity contribution in [2.24, 2.45) is 0 Å². The standard InChI is InChI=1S/C30H36N4/c1-8-25-14-15-26-21(5)31-29-28(27-19(3)16-18(2)17-20(27)4)22(6)32-34(29)30(26)33(25)23(7)24-12-10-9-11-13-24/h9-13,16-17,23,25H,8,14-15H2,1-7H3. The number of aryl methyl sites for hydroxylation is 5. The van der Waals surface area contributed by atoms with Crippen LogP contribution < -0.4 is 4.90 Å². The quantitative estimate of drug-likeness (QED) is 0.327. The number of fused-ring (bicyclic) bond motifs is 3. The number of anilines is 1. The minimum absolute atomic E-state index is 0.256. The summed E-state index contributed by atoms with van der Waals surface area (Å²) in [5.74, 6) is 1.23. The molecule has 1 aliphatic rings. The Hall–Kier alpha value is -3.14. The third-order valence-electron chi connectivity index (χ3n) is 7.68. The lowest BCUT2D eigenvalue weighted by Crippen LogP contribution is -2.42. The van der Waals surface area contributed by atoms with Crippen LogP contribution in [0.1, 0.15) is 71.9 Å². The van der Waals surface area contributed by atoms with Crippen molar-refractivity contribution in [3.05, 3.63) is 81.7 Å². The van der Waals surface area contributed by atoms with E-state index in [9.17, 15) is 0 Å². The number of hydrogen-bond donors (Lipinski definition) is 0. The summed E-state index contributed by atoms with van der Waals surface area (Å²) in [6, 6.07) is 16.1. The van der Waals surface area contributed by atoms with Crippen LogP contribution in [0.2, 0.25) is 0 Å². The van der Waals surface area contributed by atoms with Crippen LogP contribution in [0.25, 0.3) is 16.8 Å². The average molecular weight is 453 g/mol. The van der Waals surface area contributed by atoms with E-state index >= 15 is 0 Å². The molecule has 0 saturated carbocycles. The van der Waals surface area contributed by atoms with E-state index in [0.717, 1.165) is 36.3 Å². The lowest BCUT2D eigenvalue weighted by atomic mass is 9.92. The van der Waals surface area contributed by atoms with Crippen molar-refractivity contribution < 1.29 is 0 Å². The molecule has 2 atom stereocenters. The third kappa shape index (κ3) is 3.51. The molecule has 2 aromatic carbocycles. The van der Waals surface area contributed by atoms with Gasteiger partial charge in [0.2, 0.25) is 0 Å². The second-order valence-electron chi connectivity index (χ2n) is 10.1. The summed E-state index contributed by atoms with van der Waals surface area (Å²) in [4.78, 5) is 7.81. The Balaban J connectivity index is 1.80. The fourth-order valence-corrected chi connectivity index (χ4v) is 6.12. The maximum Gasteiger partial charge on any atom is 0.165 e. The van der Waals surface area contributed by atoms with Gasteiger partial charge in [0.1, 0.15) is 5.82 Å². The van der Waals surface area contributed by atoms with Crippen LogP contribution in [0.3, 0.4) is 0 Å². The summed E-state index contributed by atoms with van der Waals surface area (Å²) in [6.07, 6.45) is 3.32. The predicted molar refractivity (Wildman–Crippen MR) is 142 cm³/mol. The molecule has 176 valence electrons. The number of hydrogen-bond acceptors (Lipinski definition) is 3. The van der Waals surface area contributed by atoms with Crippen LogP contribution in [-0.4, -0.2) is 20.6 Å². The number of rotatable bonds is 4. The van der Waals surface area contributed by atoms with Gasteiger partial charge < -0.3 is 4.90 Å². The normalized spacial score (nSPS) is 16.7. The van der Waals surface area contributed by atoms with Crippen molar-refractivity contribution in [3.63, 3.8) is 0 Å². The summed E-state index contributed by atoms with van der Waals surface area (Å²) in [5.41, 5.74) is 12.1. The molecule has 0 N–H and O–H groups in total. The number of aromatic nitrogens is 3. The Morgan fingerprint density at radius 2 is 1.62 bits per heavy atom. The summed E-state index contributed by atoms with van der Waals surface area (Å²) < 4.78 is 2.16. The van der Waals surface area contributed by atoms with Crippen LogP contribution in [0.5, 0.6) is 0 Å².